The molecular weight excluding hydrogens is 230 g/mol. The molecular formula is C14H13NO3. The van der Waals surface area contributed by atoms with Gasteiger partial charge in [0, 0.05) is 17.4 Å². The van der Waals surface area contributed by atoms with Crippen LogP contribution in [0.4, 0.5) is 4.79 Å². The van der Waals surface area contributed by atoms with E-state index in [1.807, 2.05) is 19.1 Å². The molecule has 0 bridgehead atoms. The summed E-state index contributed by atoms with van der Waals surface area (Å²) in [5.41, 5.74) is 2.28. The number of benzene rings is 1. The Balaban J connectivity index is 1.96. The molecule has 18 heavy (non-hydrogen) atoms. The van der Waals surface area contributed by atoms with Gasteiger partial charge in [0.25, 0.3) is 5.91 Å². The Morgan fingerprint density at radius 2 is 2.00 bits per heavy atom. The molecule has 0 radical (unpaired) electrons. The van der Waals surface area contributed by atoms with Crippen LogP contribution in [0.15, 0.2) is 18.2 Å². The molecule has 1 aromatic rings. The summed E-state index contributed by atoms with van der Waals surface area (Å²) in [5, 5.41) is 2.27. The van der Waals surface area contributed by atoms with Gasteiger partial charge in [-0.25, -0.2) is 4.79 Å². The van der Waals surface area contributed by atoms with Crippen LogP contribution in [0.2, 0.25) is 0 Å². The summed E-state index contributed by atoms with van der Waals surface area (Å²) in [6.45, 7) is 2.04. The summed E-state index contributed by atoms with van der Waals surface area (Å²) in [5.74, 6) is -0.304. The Morgan fingerprint density at radius 3 is 2.61 bits per heavy atom. The van der Waals surface area contributed by atoms with Gasteiger partial charge in [0.05, 0.1) is 0 Å². The van der Waals surface area contributed by atoms with Crippen LogP contribution in [-0.2, 0) is 20.5 Å². The fraction of sp³-hybridized carbons (Fsp3) is 0.429. The molecule has 2 spiro atoms. The predicted octanol–water partition coefficient (Wildman–Crippen LogP) is 1.89. The van der Waals surface area contributed by atoms with Crippen molar-refractivity contribution in [2.45, 2.75) is 37.2 Å². The first-order valence-corrected chi connectivity index (χ1v) is 6.22. The smallest absolute Gasteiger partial charge is 0.415 e. The van der Waals surface area contributed by atoms with Gasteiger partial charge in [-0.05, 0) is 25.3 Å². The molecule has 1 saturated heterocycles. The number of amides is 2. The Kier molecular flexibility index (Phi) is 1.55. The maximum atomic E-state index is 12.1. The Morgan fingerprint density at radius 1 is 1.22 bits per heavy atom. The first kappa shape index (κ1) is 10.1. The monoisotopic (exact) mass is 243 g/mol. The molecule has 2 amide bonds. The number of rotatable bonds is 0. The molecule has 0 unspecified atom stereocenters. The molecule has 1 N–H and O–H groups in total. The lowest BCUT2D eigenvalue weighted by Crippen LogP contribution is -2.35. The third-order valence-corrected chi connectivity index (χ3v) is 4.47. The second-order valence-corrected chi connectivity index (χ2v) is 5.68. The van der Waals surface area contributed by atoms with E-state index in [0.717, 1.165) is 18.4 Å². The van der Waals surface area contributed by atoms with E-state index >= 15 is 0 Å². The van der Waals surface area contributed by atoms with Gasteiger partial charge >= 0.3 is 6.09 Å². The second kappa shape index (κ2) is 2.76. The summed E-state index contributed by atoms with van der Waals surface area (Å²) < 4.78 is 5.36. The van der Waals surface area contributed by atoms with Gasteiger partial charge in [-0.1, -0.05) is 23.8 Å². The van der Waals surface area contributed by atoms with Crippen molar-refractivity contribution in [2.75, 3.05) is 0 Å². The molecule has 3 aliphatic rings. The van der Waals surface area contributed by atoms with Crippen LogP contribution >= 0.6 is 0 Å². The van der Waals surface area contributed by atoms with Crippen LogP contribution in [0.25, 0.3) is 0 Å². The average molecular weight is 243 g/mol. The summed E-state index contributed by atoms with van der Waals surface area (Å²) in [4.78, 5) is 23.5. The molecule has 2 aliphatic carbocycles. The average Bonchev–Trinajstić information content (AvgIpc) is 2.95. The molecule has 4 rings (SSSR count). The minimum Gasteiger partial charge on any atom is -0.427 e. The highest BCUT2D eigenvalue weighted by Gasteiger charge is 2.65. The number of hydrogen-bond acceptors (Lipinski definition) is 3. The third kappa shape index (κ3) is 1.01. The lowest BCUT2D eigenvalue weighted by atomic mass is 9.94. The largest absolute Gasteiger partial charge is 0.427 e. The molecule has 92 valence electrons. The first-order chi connectivity index (χ1) is 8.56. The van der Waals surface area contributed by atoms with Crippen LogP contribution in [0.1, 0.15) is 36.0 Å². The van der Waals surface area contributed by atoms with Crippen molar-refractivity contribution >= 4 is 12.0 Å². The van der Waals surface area contributed by atoms with Crippen molar-refractivity contribution in [2.24, 2.45) is 0 Å². The second-order valence-electron chi connectivity index (χ2n) is 5.68. The molecule has 2 fully saturated rings. The number of fused-ring (bicyclic) bond motifs is 3. The Hall–Kier alpha value is -1.84. The lowest BCUT2D eigenvalue weighted by Gasteiger charge is -2.19. The number of imide groups is 1. The molecule has 1 aromatic carbocycles. The summed E-state index contributed by atoms with van der Waals surface area (Å²) in [7, 11) is 0. The zero-order valence-corrected chi connectivity index (χ0v) is 10.1. The maximum Gasteiger partial charge on any atom is 0.415 e. The highest BCUT2D eigenvalue weighted by molar-refractivity contribution is 6.04. The van der Waals surface area contributed by atoms with Crippen LogP contribution in [0, 0.1) is 6.92 Å². The fourth-order valence-electron chi connectivity index (χ4n) is 3.43. The van der Waals surface area contributed by atoms with Crippen molar-refractivity contribution in [3.63, 3.8) is 0 Å². The van der Waals surface area contributed by atoms with E-state index in [0.29, 0.717) is 6.42 Å². The maximum absolute atomic E-state index is 12.1. The number of hydrogen-bond donors (Lipinski definition) is 1. The highest BCUT2D eigenvalue weighted by Crippen LogP contribution is 2.63. The third-order valence-electron chi connectivity index (χ3n) is 4.47. The van der Waals surface area contributed by atoms with Crippen LogP contribution in [0.3, 0.4) is 0 Å². The van der Waals surface area contributed by atoms with E-state index in [1.165, 1.54) is 11.1 Å². The molecule has 4 nitrogen and oxygen atoms in total. The van der Waals surface area contributed by atoms with E-state index < -0.39 is 11.7 Å². The molecule has 1 saturated carbocycles. The molecule has 1 heterocycles. The fourth-order valence-corrected chi connectivity index (χ4v) is 3.43. The number of ether oxygens (including phenoxy) is 1. The van der Waals surface area contributed by atoms with Gasteiger partial charge < -0.3 is 4.74 Å². The van der Waals surface area contributed by atoms with Gasteiger partial charge in [-0.15, -0.1) is 0 Å². The summed E-state index contributed by atoms with van der Waals surface area (Å²) in [6, 6.07) is 6.05. The Labute approximate surface area is 104 Å². The van der Waals surface area contributed by atoms with Crippen molar-refractivity contribution in [1.82, 2.24) is 5.32 Å². The van der Waals surface area contributed by atoms with Gasteiger partial charge in [0.15, 0.2) is 0 Å². The van der Waals surface area contributed by atoms with Gasteiger partial charge in [0.1, 0.15) is 0 Å². The van der Waals surface area contributed by atoms with Crippen molar-refractivity contribution in [3.05, 3.63) is 34.9 Å². The van der Waals surface area contributed by atoms with Crippen LogP contribution in [0.5, 0.6) is 0 Å². The van der Waals surface area contributed by atoms with E-state index in [1.54, 1.807) is 0 Å². The summed E-state index contributed by atoms with van der Waals surface area (Å²) >= 11 is 0. The lowest BCUT2D eigenvalue weighted by molar-refractivity contribution is -0.132. The zero-order chi connectivity index (χ0) is 12.5. The number of carbonyl (C=O) groups is 2. The highest BCUT2D eigenvalue weighted by atomic mass is 16.6. The van der Waals surface area contributed by atoms with Gasteiger partial charge in [0.2, 0.25) is 5.60 Å². The number of alkyl carbamates (subject to hydrolysis) is 1. The van der Waals surface area contributed by atoms with E-state index in [-0.39, 0.29) is 11.3 Å². The van der Waals surface area contributed by atoms with Crippen molar-refractivity contribution < 1.29 is 14.3 Å². The topological polar surface area (TPSA) is 55.4 Å². The molecule has 4 heteroatoms. The quantitative estimate of drug-likeness (QED) is 0.757. The predicted molar refractivity (Wildman–Crippen MR) is 63.0 cm³/mol. The zero-order valence-electron chi connectivity index (χ0n) is 10.1. The normalized spacial score (nSPS) is 30.5. The minimum atomic E-state index is -1.06. The minimum absolute atomic E-state index is 0.0727. The molecule has 1 atom stereocenters. The van der Waals surface area contributed by atoms with E-state index in [2.05, 4.69) is 11.4 Å². The van der Waals surface area contributed by atoms with Crippen molar-refractivity contribution in [3.8, 4) is 0 Å². The Bertz CT molecular complexity index is 603. The number of aryl methyl sites for hydroxylation is 1. The van der Waals surface area contributed by atoms with Gasteiger partial charge in [-0.3, -0.25) is 10.1 Å². The van der Waals surface area contributed by atoms with E-state index in [9.17, 15) is 9.59 Å². The van der Waals surface area contributed by atoms with Crippen molar-refractivity contribution in [1.29, 1.82) is 0 Å². The van der Waals surface area contributed by atoms with Crippen LogP contribution in [-0.4, -0.2) is 12.0 Å². The van der Waals surface area contributed by atoms with Gasteiger partial charge in [-0.2, -0.15) is 0 Å². The van der Waals surface area contributed by atoms with E-state index in [4.69, 9.17) is 4.74 Å². The summed E-state index contributed by atoms with van der Waals surface area (Å²) in [6.07, 6.45) is 2.15. The molecule has 0 aromatic heterocycles. The first-order valence-electron chi connectivity index (χ1n) is 6.22. The SMILES string of the molecule is Cc1ccc2c(c1)C1(CC1)C[C@@]21OC(=O)NC1=O. The molecule has 1 aliphatic heterocycles. The number of nitrogens with one attached hydrogen (secondary N) is 1. The van der Waals surface area contributed by atoms with Crippen LogP contribution < -0.4 is 5.32 Å². The standard InChI is InChI=1S/C14H13NO3/c1-8-2-3-9-10(6-8)13(4-5-13)7-14(9)11(16)15-12(17)18-14/h2-3,6H,4-5,7H2,1H3,(H,15,16,17)/t14-/m1/s1. The number of carbonyl (C=O) groups excluding carboxylic acids is 2.